The highest BCUT2D eigenvalue weighted by Gasteiger charge is 2.46. The Labute approximate surface area is 711 Å². The van der Waals surface area contributed by atoms with Crippen molar-refractivity contribution in [2.75, 3.05) is 9.80 Å². The van der Waals surface area contributed by atoms with E-state index in [0.29, 0.717) is 11.8 Å². The molecule has 19 aromatic rings. The standard InChI is InChI=1S/C116H95BN4/c1-74(2)80-54-60-106-100(66-80)94-48-23-25-50-104(94)118(106)92-56-58-102-110(72-92)120(113-96(78-36-19-13-20-37-78)68-90(115(5,6)7)70-98(113)88-46-29-44-86(64-88)84-42-27-40-82(62-84)76-32-15-11-16-33-76)108-52-31-53-109-112(108)117(102)103-59-57-93(119-105-51-26-24-49-95(105)101-67-81(75(3)4)55-61-107(101)119)73-111(103)121(109)114-97(79-38-21-14-22-39-79)69-91(116(8,9)10)71-99(114)89-47-30-45-87(65-89)85-43-28-41-83(63-85)77-34-17-12-18-35-77/h11-75H,1-10H3. The molecule has 21 rings (SSSR count). The highest BCUT2D eigenvalue weighted by Crippen LogP contribution is 2.56. The van der Waals surface area contributed by atoms with Crippen LogP contribution in [0.1, 0.15) is 103 Å². The third kappa shape index (κ3) is 12.9. The Balaban J connectivity index is 0.895. The quantitative estimate of drug-likeness (QED) is 0.101. The summed E-state index contributed by atoms with van der Waals surface area (Å²) in [6.07, 6.45) is 0. The zero-order chi connectivity index (χ0) is 82.1. The molecule has 0 spiro atoms. The van der Waals surface area contributed by atoms with Gasteiger partial charge in [-0.2, -0.15) is 0 Å². The molecule has 0 saturated carbocycles. The lowest BCUT2D eigenvalue weighted by molar-refractivity contribution is 0.590. The van der Waals surface area contributed by atoms with Gasteiger partial charge >= 0.3 is 0 Å². The Morgan fingerprint density at radius 3 is 0.893 bits per heavy atom. The zero-order valence-electron chi connectivity index (χ0n) is 70.4. The van der Waals surface area contributed by atoms with Crippen molar-refractivity contribution in [2.24, 2.45) is 0 Å². The number of hydrogen-bond acceptors (Lipinski definition) is 2. The van der Waals surface area contributed by atoms with Gasteiger partial charge in [-0.15, -0.1) is 0 Å². The van der Waals surface area contributed by atoms with Gasteiger partial charge in [0.1, 0.15) is 0 Å². The molecule has 121 heavy (non-hydrogen) atoms. The summed E-state index contributed by atoms with van der Waals surface area (Å²) in [7, 11) is 0. The van der Waals surface area contributed by atoms with Gasteiger partial charge in [0.15, 0.2) is 0 Å². The predicted molar refractivity (Wildman–Crippen MR) is 518 cm³/mol. The van der Waals surface area contributed by atoms with E-state index in [1.165, 1.54) is 105 Å². The minimum absolute atomic E-state index is 0.254. The Bertz CT molecular complexity index is 6860. The van der Waals surface area contributed by atoms with Crippen molar-refractivity contribution in [2.45, 2.75) is 91.9 Å². The minimum atomic E-state index is -0.277. The molecule has 2 aliphatic rings. The maximum Gasteiger partial charge on any atom is 0.252 e. The first kappa shape index (κ1) is 74.5. The molecule has 2 aliphatic heterocycles. The van der Waals surface area contributed by atoms with Crippen LogP contribution >= 0.6 is 0 Å². The second kappa shape index (κ2) is 29.5. The summed E-state index contributed by atoms with van der Waals surface area (Å²) in [4.78, 5) is 5.45. The molecule has 4 nitrogen and oxygen atoms in total. The van der Waals surface area contributed by atoms with Crippen molar-refractivity contribution >= 4 is 101 Å². The van der Waals surface area contributed by atoms with E-state index in [-0.39, 0.29) is 17.5 Å². The molecule has 582 valence electrons. The van der Waals surface area contributed by atoms with Gasteiger partial charge in [-0.3, -0.25) is 0 Å². The van der Waals surface area contributed by atoms with Gasteiger partial charge in [-0.1, -0.05) is 330 Å². The van der Waals surface area contributed by atoms with E-state index in [2.05, 4.69) is 470 Å². The van der Waals surface area contributed by atoms with Gasteiger partial charge in [0.2, 0.25) is 0 Å². The first-order chi connectivity index (χ1) is 58.9. The second-order valence-electron chi connectivity index (χ2n) is 36.0. The number of rotatable bonds is 14. The molecule has 0 amide bonds. The number of fused-ring (bicyclic) bond motifs is 10. The Morgan fingerprint density at radius 2 is 0.529 bits per heavy atom. The van der Waals surface area contributed by atoms with E-state index in [4.69, 9.17) is 0 Å². The van der Waals surface area contributed by atoms with Crippen LogP contribution in [0.25, 0.3) is 144 Å². The lowest BCUT2D eigenvalue weighted by atomic mass is 9.33. The van der Waals surface area contributed by atoms with Crippen LogP contribution < -0.4 is 26.2 Å². The molecule has 0 radical (unpaired) electrons. The fourth-order valence-corrected chi connectivity index (χ4v) is 19.4. The fraction of sp³-hybridized carbons (Fsp3) is 0.121. The van der Waals surface area contributed by atoms with Gasteiger partial charge in [0.25, 0.3) is 6.71 Å². The molecule has 4 heterocycles. The highest BCUT2D eigenvalue weighted by atomic mass is 15.2. The van der Waals surface area contributed by atoms with Crippen molar-refractivity contribution in [1.29, 1.82) is 0 Å². The van der Waals surface area contributed by atoms with Crippen LogP contribution in [0.15, 0.2) is 382 Å². The van der Waals surface area contributed by atoms with Crippen LogP contribution in [-0.2, 0) is 10.8 Å². The van der Waals surface area contributed by atoms with Crippen LogP contribution in [0.4, 0.5) is 34.1 Å². The molecule has 0 atom stereocenters. The van der Waals surface area contributed by atoms with Gasteiger partial charge in [-0.05, 0) is 249 Å². The largest absolute Gasteiger partial charge is 0.310 e. The van der Waals surface area contributed by atoms with Crippen molar-refractivity contribution < 1.29 is 0 Å². The normalized spacial score (nSPS) is 12.6. The first-order valence-electron chi connectivity index (χ1n) is 43.0. The topological polar surface area (TPSA) is 16.3 Å². The number of hydrogen-bond donors (Lipinski definition) is 0. The average molecular weight is 1560 g/mol. The second-order valence-corrected chi connectivity index (χ2v) is 36.0. The number of para-hydroxylation sites is 2. The number of anilines is 6. The molecule has 0 fully saturated rings. The fourth-order valence-electron chi connectivity index (χ4n) is 19.4. The van der Waals surface area contributed by atoms with Crippen LogP contribution in [0, 0.1) is 0 Å². The van der Waals surface area contributed by atoms with E-state index in [1.54, 1.807) is 0 Å². The van der Waals surface area contributed by atoms with Crippen molar-refractivity contribution in [3.05, 3.63) is 404 Å². The molecule has 0 aliphatic carbocycles. The Hall–Kier alpha value is -14.0. The third-order valence-corrected chi connectivity index (χ3v) is 25.7. The minimum Gasteiger partial charge on any atom is -0.310 e. The average Bonchev–Trinajstić information content (AvgIpc) is 1.50. The summed E-state index contributed by atoms with van der Waals surface area (Å²) in [6, 6.07) is 146. The maximum atomic E-state index is 2.72. The Morgan fingerprint density at radius 1 is 0.231 bits per heavy atom. The lowest BCUT2D eigenvalue weighted by Gasteiger charge is -2.46. The highest BCUT2D eigenvalue weighted by molar-refractivity contribution is 7.00. The predicted octanol–water partition coefficient (Wildman–Crippen LogP) is 30.1. The molecule has 0 saturated heterocycles. The number of benzene rings is 17. The SMILES string of the molecule is CC(C)c1ccc2c(c1)c1ccccc1n2-c1ccc2c(c1)N(c1c(-c3ccccc3)cc(C(C)(C)C)cc1-c1cccc(-c3cccc(-c4ccccc4)c3)c1)c1cccc3c1B2c1ccc(-n2c4ccccc4c4cc(C(C)C)ccc42)cc1N3c1c(-c2ccccc2)cc(C(C)(C)C)cc1-c1cccc(-c2cccc(-c3ccccc3)c2)c1. The van der Waals surface area contributed by atoms with Gasteiger partial charge in [0, 0.05) is 77.9 Å². The van der Waals surface area contributed by atoms with E-state index >= 15 is 0 Å². The summed E-state index contributed by atoms with van der Waals surface area (Å²) in [5, 5.41) is 4.97. The summed E-state index contributed by atoms with van der Waals surface area (Å²) < 4.78 is 5.07. The molecule has 0 unspecified atom stereocenters. The number of aromatic nitrogens is 2. The van der Waals surface area contributed by atoms with Gasteiger partial charge in [-0.25, -0.2) is 0 Å². The maximum absolute atomic E-state index is 2.72. The van der Waals surface area contributed by atoms with Crippen LogP contribution in [0.5, 0.6) is 0 Å². The molecule has 0 bridgehead atoms. The van der Waals surface area contributed by atoms with E-state index in [9.17, 15) is 0 Å². The van der Waals surface area contributed by atoms with Gasteiger partial charge < -0.3 is 18.9 Å². The summed E-state index contributed by atoms with van der Waals surface area (Å²) in [6.45, 7) is 23.2. The van der Waals surface area contributed by atoms with Crippen LogP contribution in [0.3, 0.4) is 0 Å². The summed E-state index contributed by atoms with van der Waals surface area (Å²) in [5.74, 6) is 0.715. The molecular weight excluding hydrogens is 1460 g/mol. The van der Waals surface area contributed by atoms with E-state index in [1.807, 2.05) is 0 Å². The van der Waals surface area contributed by atoms with Crippen molar-refractivity contribution in [3.8, 4) is 100 Å². The molecule has 2 aromatic heterocycles. The van der Waals surface area contributed by atoms with Crippen LogP contribution in [0.2, 0.25) is 0 Å². The summed E-state index contributed by atoms with van der Waals surface area (Å²) in [5.41, 5.74) is 40.3. The van der Waals surface area contributed by atoms with E-state index in [0.717, 1.165) is 112 Å². The third-order valence-electron chi connectivity index (χ3n) is 25.7. The van der Waals surface area contributed by atoms with Crippen molar-refractivity contribution in [3.63, 3.8) is 0 Å². The molecular formula is C116H95BN4. The van der Waals surface area contributed by atoms with E-state index < -0.39 is 0 Å². The Kier molecular flexibility index (Phi) is 18.2. The zero-order valence-corrected chi connectivity index (χ0v) is 70.4. The summed E-state index contributed by atoms with van der Waals surface area (Å²) >= 11 is 0. The smallest absolute Gasteiger partial charge is 0.252 e. The van der Waals surface area contributed by atoms with Crippen LogP contribution in [-0.4, -0.2) is 15.8 Å². The molecule has 17 aromatic carbocycles. The van der Waals surface area contributed by atoms with Gasteiger partial charge in [0.05, 0.1) is 33.4 Å². The molecule has 0 N–H and O–H groups in total. The monoisotopic (exact) mass is 1550 g/mol. The first-order valence-corrected chi connectivity index (χ1v) is 43.0. The lowest BCUT2D eigenvalue weighted by Crippen LogP contribution is -2.61. The molecule has 5 heteroatoms. The number of nitrogens with zero attached hydrogens (tertiary/aromatic N) is 4. The van der Waals surface area contributed by atoms with Crippen molar-refractivity contribution in [1.82, 2.24) is 9.13 Å².